The quantitative estimate of drug-likeness (QED) is 0.703. The summed E-state index contributed by atoms with van der Waals surface area (Å²) in [6.07, 6.45) is 5.57. The van der Waals surface area contributed by atoms with Gasteiger partial charge in [-0.1, -0.05) is 49.7 Å². The number of ether oxygens (including phenoxy) is 1. The molecule has 2 aromatic carbocycles. The fourth-order valence-electron chi connectivity index (χ4n) is 7.67. The zero-order valence-corrected chi connectivity index (χ0v) is 19.8. The molecule has 5 atom stereocenters. The Morgan fingerprint density at radius 3 is 2.76 bits per heavy atom. The Bertz CT molecular complexity index is 1040. The molecule has 0 amide bonds. The Kier molecular flexibility index (Phi) is 5.02. The second-order valence-electron chi connectivity index (χ2n) is 10.7. The number of aromatic hydroxyl groups is 1. The van der Waals surface area contributed by atoms with Gasteiger partial charge >= 0.3 is 0 Å². The topological polar surface area (TPSA) is 56.2 Å². The van der Waals surface area contributed by atoms with Crippen molar-refractivity contribution in [1.29, 1.82) is 0 Å². The average molecular weight is 449 g/mol. The summed E-state index contributed by atoms with van der Waals surface area (Å²) in [4.78, 5) is 4.96. The lowest BCUT2D eigenvalue weighted by atomic mass is 9.48. The highest BCUT2D eigenvalue weighted by molar-refractivity contribution is 5.62. The normalized spacial score (nSPS) is 34.2. The molecule has 0 radical (unpaired) electrons. The molecule has 2 aliphatic heterocycles. The van der Waals surface area contributed by atoms with E-state index < -0.39 is 11.0 Å². The predicted molar refractivity (Wildman–Crippen MR) is 129 cm³/mol. The monoisotopic (exact) mass is 448 g/mol. The molecule has 1 spiro atoms. The molecule has 2 aliphatic carbocycles. The van der Waals surface area contributed by atoms with Crippen molar-refractivity contribution in [2.24, 2.45) is 0 Å². The summed E-state index contributed by atoms with van der Waals surface area (Å²) in [5.41, 5.74) is 2.38. The summed E-state index contributed by atoms with van der Waals surface area (Å²) in [6, 6.07) is 14.8. The molecule has 176 valence electrons. The minimum atomic E-state index is -0.820. The van der Waals surface area contributed by atoms with E-state index >= 15 is 0 Å². The number of aliphatic hydroxyl groups is 1. The fraction of sp³-hybridized carbons (Fsp3) is 0.571. The van der Waals surface area contributed by atoms with Gasteiger partial charge in [0.05, 0.1) is 11.0 Å². The molecule has 2 heterocycles. The minimum Gasteiger partial charge on any atom is -0.504 e. The molecule has 0 unspecified atom stereocenters. The Balaban J connectivity index is 1.42. The lowest BCUT2D eigenvalue weighted by molar-refractivity contribution is -0.199. The second-order valence-corrected chi connectivity index (χ2v) is 10.7. The molecule has 2 fully saturated rings. The summed E-state index contributed by atoms with van der Waals surface area (Å²) >= 11 is 0. The SMILES string of the molecule is CCCCN1CC[C@]23c4c5ccc(O)c4O[C@H]2[C@H](N(C)Cc2ccccc2)CC[C@@]3(O)[C@H]1C5. The third-order valence-electron chi connectivity index (χ3n) is 9.18. The molecule has 2 aromatic rings. The number of hydrogen-bond acceptors (Lipinski definition) is 5. The Hall–Kier alpha value is -2.08. The van der Waals surface area contributed by atoms with Gasteiger partial charge in [0.2, 0.25) is 0 Å². The van der Waals surface area contributed by atoms with Gasteiger partial charge in [0.25, 0.3) is 0 Å². The van der Waals surface area contributed by atoms with Gasteiger partial charge in [0, 0.05) is 24.2 Å². The van der Waals surface area contributed by atoms with E-state index in [1.54, 1.807) is 6.07 Å². The van der Waals surface area contributed by atoms with Crippen molar-refractivity contribution in [3.63, 3.8) is 0 Å². The summed E-state index contributed by atoms with van der Waals surface area (Å²) in [6.45, 7) is 5.11. The maximum atomic E-state index is 12.5. The van der Waals surface area contributed by atoms with E-state index in [9.17, 15) is 10.2 Å². The molecule has 4 aliphatic rings. The van der Waals surface area contributed by atoms with Gasteiger partial charge in [0.15, 0.2) is 11.5 Å². The van der Waals surface area contributed by atoms with Crippen LogP contribution in [0.5, 0.6) is 11.5 Å². The van der Waals surface area contributed by atoms with Crippen LogP contribution >= 0.6 is 0 Å². The molecule has 5 heteroatoms. The number of phenols is 1. The average Bonchev–Trinajstić information content (AvgIpc) is 3.16. The number of likely N-dealkylation sites (tertiary alicyclic amines) is 1. The number of piperidine rings is 1. The van der Waals surface area contributed by atoms with E-state index in [0.717, 1.165) is 57.3 Å². The van der Waals surface area contributed by atoms with Crippen molar-refractivity contribution in [2.45, 2.75) is 81.2 Å². The van der Waals surface area contributed by atoms with Crippen molar-refractivity contribution in [1.82, 2.24) is 9.80 Å². The van der Waals surface area contributed by atoms with Gasteiger partial charge < -0.3 is 14.9 Å². The summed E-state index contributed by atoms with van der Waals surface area (Å²) in [5, 5.41) is 23.3. The van der Waals surface area contributed by atoms with Gasteiger partial charge in [0.1, 0.15) is 6.10 Å². The Morgan fingerprint density at radius 1 is 1.15 bits per heavy atom. The van der Waals surface area contributed by atoms with Gasteiger partial charge in [-0.05, 0) is 69.4 Å². The van der Waals surface area contributed by atoms with Gasteiger partial charge in [-0.2, -0.15) is 0 Å². The third-order valence-corrected chi connectivity index (χ3v) is 9.18. The first-order chi connectivity index (χ1) is 16.0. The van der Waals surface area contributed by atoms with E-state index in [1.807, 2.05) is 0 Å². The van der Waals surface area contributed by atoms with E-state index in [1.165, 1.54) is 17.5 Å². The molecule has 1 saturated heterocycles. The molecule has 6 rings (SSSR count). The maximum Gasteiger partial charge on any atom is 0.165 e. The van der Waals surface area contributed by atoms with Crippen LogP contribution in [-0.4, -0.2) is 63.9 Å². The molecule has 2 bridgehead atoms. The zero-order chi connectivity index (χ0) is 22.8. The molecule has 2 N–H and O–H groups in total. The van der Waals surface area contributed by atoms with E-state index in [0.29, 0.717) is 5.75 Å². The fourth-order valence-corrected chi connectivity index (χ4v) is 7.67. The first kappa shape index (κ1) is 21.5. The summed E-state index contributed by atoms with van der Waals surface area (Å²) < 4.78 is 6.69. The van der Waals surface area contributed by atoms with Gasteiger partial charge in [-0.3, -0.25) is 9.80 Å². The number of nitrogens with zero attached hydrogens (tertiary/aromatic N) is 2. The largest absolute Gasteiger partial charge is 0.504 e. The first-order valence-corrected chi connectivity index (χ1v) is 12.7. The van der Waals surface area contributed by atoms with Crippen LogP contribution in [0.2, 0.25) is 0 Å². The van der Waals surface area contributed by atoms with Crippen LogP contribution in [0.15, 0.2) is 42.5 Å². The van der Waals surface area contributed by atoms with Crippen LogP contribution in [0.3, 0.4) is 0 Å². The number of rotatable bonds is 6. The van der Waals surface area contributed by atoms with Crippen LogP contribution < -0.4 is 4.74 Å². The van der Waals surface area contributed by atoms with Crippen LogP contribution in [-0.2, 0) is 18.4 Å². The number of benzene rings is 2. The second kappa shape index (κ2) is 7.72. The highest BCUT2D eigenvalue weighted by Gasteiger charge is 2.73. The summed E-state index contributed by atoms with van der Waals surface area (Å²) in [5.74, 6) is 0.854. The standard InChI is InChI=1S/C28H36N2O3/c1-3-4-15-30-16-14-27-24-20-10-11-22(31)25(24)33-26(27)21(12-13-28(27,32)23(30)17-20)29(2)18-19-8-6-5-7-9-19/h5-11,21,23,26,31-32H,3-4,12-18H2,1-2H3/t21-,23-,26+,27+,28-/m1/s1. The van der Waals surface area contributed by atoms with Crippen LogP contribution in [0.4, 0.5) is 0 Å². The third kappa shape index (κ3) is 2.88. The smallest absolute Gasteiger partial charge is 0.165 e. The molecule has 1 saturated carbocycles. The van der Waals surface area contributed by atoms with Crippen molar-refractivity contribution in [3.8, 4) is 11.5 Å². The van der Waals surface area contributed by atoms with Crippen LogP contribution in [0.1, 0.15) is 55.7 Å². The van der Waals surface area contributed by atoms with E-state index in [4.69, 9.17) is 4.74 Å². The van der Waals surface area contributed by atoms with Gasteiger partial charge in [-0.15, -0.1) is 0 Å². The molecule has 0 aromatic heterocycles. The highest BCUT2D eigenvalue weighted by Crippen LogP contribution is 2.65. The van der Waals surface area contributed by atoms with Crippen molar-refractivity contribution in [3.05, 3.63) is 59.2 Å². The first-order valence-electron chi connectivity index (χ1n) is 12.7. The highest BCUT2D eigenvalue weighted by atomic mass is 16.5. The molecule has 33 heavy (non-hydrogen) atoms. The molecular formula is C28H36N2O3. The molecular weight excluding hydrogens is 412 g/mol. The Labute approximate surface area is 197 Å². The van der Waals surface area contributed by atoms with E-state index in [2.05, 4.69) is 60.2 Å². The van der Waals surface area contributed by atoms with Crippen molar-refractivity contribution >= 4 is 0 Å². The number of likely N-dealkylation sites (N-methyl/N-ethyl adjacent to an activating group) is 1. The lowest BCUT2D eigenvalue weighted by Gasteiger charge is -2.64. The van der Waals surface area contributed by atoms with Crippen molar-refractivity contribution in [2.75, 3.05) is 20.1 Å². The van der Waals surface area contributed by atoms with E-state index in [-0.39, 0.29) is 23.9 Å². The zero-order valence-electron chi connectivity index (χ0n) is 19.8. The summed E-state index contributed by atoms with van der Waals surface area (Å²) in [7, 11) is 2.18. The van der Waals surface area contributed by atoms with Gasteiger partial charge in [-0.25, -0.2) is 0 Å². The number of unbranched alkanes of at least 4 members (excludes halogenated alkanes) is 1. The Morgan fingerprint density at radius 2 is 1.97 bits per heavy atom. The predicted octanol–water partition coefficient (Wildman–Crippen LogP) is 3.85. The van der Waals surface area contributed by atoms with Crippen molar-refractivity contribution < 1.29 is 14.9 Å². The lowest BCUT2D eigenvalue weighted by Crippen LogP contribution is -2.78. The van der Waals surface area contributed by atoms with Crippen LogP contribution in [0.25, 0.3) is 0 Å². The molecule has 5 nitrogen and oxygen atoms in total. The van der Waals surface area contributed by atoms with Crippen LogP contribution in [0, 0.1) is 0 Å². The number of phenolic OH excluding ortho intramolecular Hbond substituents is 1. The maximum absolute atomic E-state index is 12.5. The number of hydrogen-bond donors (Lipinski definition) is 2. The minimum absolute atomic E-state index is 0.118.